The molecule has 1 amide bonds. The van der Waals surface area contributed by atoms with Crippen molar-refractivity contribution in [1.29, 1.82) is 0 Å². The first-order chi connectivity index (χ1) is 8.27. The minimum atomic E-state index is -0.176. The van der Waals surface area contributed by atoms with Gasteiger partial charge in [-0.25, -0.2) is 5.92 Å². The van der Waals surface area contributed by atoms with Crippen LogP contribution in [0.1, 0.15) is 13.8 Å². The Bertz CT molecular complexity index is 597. The van der Waals surface area contributed by atoms with Crippen molar-refractivity contribution in [3.05, 3.63) is 12.3 Å². The van der Waals surface area contributed by atoms with E-state index in [0.717, 1.165) is 0 Å². The highest BCUT2D eigenvalue weighted by Gasteiger charge is 1.75. The lowest BCUT2D eigenvalue weighted by atomic mass is 10.5. The minimum absolute atomic E-state index is 0.176. The lowest BCUT2D eigenvalue weighted by molar-refractivity contribution is -0.118. The highest BCUT2D eigenvalue weighted by Crippen LogP contribution is 1.64. The number of hydrogen-bond donors (Lipinski definition) is 1. The summed E-state index contributed by atoms with van der Waals surface area (Å²) >= 11 is 0. The highest BCUT2D eigenvalue weighted by molar-refractivity contribution is 5.73. The van der Waals surface area contributed by atoms with Gasteiger partial charge in [-0.1, -0.05) is 12.1 Å². The number of carbonyl (C=O) groups is 1. The van der Waals surface area contributed by atoms with Crippen LogP contribution < -0.4 is 5.32 Å². The van der Waals surface area contributed by atoms with E-state index < -0.39 is 0 Å². The smallest absolute Gasteiger partial charge is 0.219 e. The number of carbonyl (C=O) groups excluding carboxylic acids is 1. The summed E-state index contributed by atoms with van der Waals surface area (Å²) in [5, 5.41) is 2.39. The second-order valence-corrected chi connectivity index (χ2v) is 2.36. The first-order valence-electron chi connectivity index (χ1n) is 4.53. The van der Waals surface area contributed by atoms with Crippen molar-refractivity contribution < 1.29 is 4.79 Å². The lowest BCUT2D eigenvalue weighted by Crippen LogP contribution is -2.11. The Morgan fingerprint density at radius 1 is 1.00 bits per heavy atom. The van der Waals surface area contributed by atoms with Gasteiger partial charge in [0.2, 0.25) is 5.91 Å². The Kier molecular flexibility index (Phi) is 9.14. The van der Waals surface area contributed by atoms with Crippen LogP contribution in [0.3, 0.4) is 0 Å². The molecule has 0 spiro atoms. The van der Waals surface area contributed by atoms with Crippen molar-refractivity contribution in [2.24, 2.45) is 0 Å². The molecule has 0 atom stereocenters. The van der Waals surface area contributed by atoms with E-state index in [1.807, 2.05) is 0 Å². The van der Waals surface area contributed by atoms with Crippen LogP contribution >= 0.6 is 0 Å². The molecule has 80 valence electrons. The molecule has 0 aliphatic rings. The van der Waals surface area contributed by atoms with Crippen LogP contribution in [0.5, 0.6) is 0 Å². The Morgan fingerprint density at radius 3 is 2.06 bits per heavy atom. The van der Waals surface area contributed by atoms with Gasteiger partial charge in [-0.2, -0.15) is 6.08 Å². The molecule has 0 unspecified atom stereocenters. The van der Waals surface area contributed by atoms with E-state index in [-0.39, 0.29) is 5.91 Å². The van der Waals surface area contributed by atoms with Crippen molar-refractivity contribution >= 4 is 5.91 Å². The van der Waals surface area contributed by atoms with E-state index in [0.29, 0.717) is 0 Å². The summed E-state index contributed by atoms with van der Waals surface area (Å²) < 4.78 is 0. The van der Waals surface area contributed by atoms with Crippen LogP contribution in [-0.4, -0.2) is 5.91 Å². The van der Waals surface area contributed by atoms with Crippen LogP contribution in [0.2, 0.25) is 0 Å². The SMILES string of the molecule is CC#CC#CC#CC#CC#C[C-]=CNC(C)=O. The molecule has 0 heterocycles. The molecule has 0 saturated heterocycles. The lowest BCUT2D eigenvalue weighted by Gasteiger charge is -1.90. The molecule has 0 saturated carbocycles. The molecule has 0 aromatic carbocycles. The largest absolute Gasteiger partial charge is 0.350 e. The molecule has 0 bridgehead atoms. The molecule has 0 fully saturated rings. The van der Waals surface area contributed by atoms with Gasteiger partial charge in [-0.05, 0) is 42.4 Å². The molecule has 0 aromatic rings. The molecule has 1 N–H and O–H groups in total. The highest BCUT2D eigenvalue weighted by atomic mass is 16.1. The number of amides is 1. The minimum Gasteiger partial charge on any atom is -0.350 e. The van der Waals surface area contributed by atoms with E-state index in [4.69, 9.17) is 0 Å². The summed E-state index contributed by atoms with van der Waals surface area (Å²) in [6.07, 6.45) is 3.84. The normalized spacial score (nSPS) is 6.24. The molecular weight excluding hydrogens is 210 g/mol. The maximum Gasteiger partial charge on any atom is 0.219 e. The molecule has 0 aliphatic carbocycles. The molecule has 2 nitrogen and oxygen atoms in total. The molecule has 0 aromatic heterocycles. The second kappa shape index (κ2) is 11.1. The molecule has 17 heavy (non-hydrogen) atoms. The number of hydrogen-bond acceptors (Lipinski definition) is 1. The fourth-order valence-corrected chi connectivity index (χ4v) is 0.491. The van der Waals surface area contributed by atoms with E-state index in [1.165, 1.54) is 13.1 Å². The van der Waals surface area contributed by atoms with Crippen LogP contribution in [0.4, 0.5) is 0 Å². The average molecular weight is 218 g/mol. The van der Waals surface area contributed by atoms with Crippen molar-refractivity contribution in [3.63, 3.8) is 0 Å². The summed E-state index contributed by atoms with van der Waals surface area (Å²) in [7, 11) is 0. The van der Waals surface area contributed by atoms with E-state index in [1.54, 1.807) is 6.92 Å². The Morgan fingerprint density at radius 2 is 1.53 bits per heavy atom. The van der Waals surface area contributed by atoms with Gasteiger partial charge in [0, 0.05) is 6.92 Å². The zero-order valence-electron chi connectivity index (χ0n) is 9.49. The monoisotopic (exact) mass is 218 g/mol. The van der Waals surface area contributed by atoms with E-state index in [2.05, 4.69) is 70.6 Å². The molecule has 0 rings (SSSR count). The molecule has 0 aliphatic heterocycles. The Labute approximate surface area is 102 Å². The first-order valence-corrected chi connectivity index (χ1v) is 4.53. The summed E-state index contributed by atoms with van der Waals surface area (Å²) in [5.74, 6) is 24.9. The van der Waals surface area contributed by atoms with E-state index >= 15 is 0 Å². The summed E-state index contributed by atoms with van der Waals surface area (Å²) in [4.78, 5) is 10.4. The number of allylic oxidation sites excluding steroid dienone is 1. The van der Waals surface area contributed by atoms with E-state index in [9.17, 15) is 4.79 Å². The van der Waals surface area contributed by atoms with Crippen molar-refractivity contribution in [1.82, 2.24) is 5.32 Å². The predicted octanol–water partition coefficient (Wildman–Crippen LogP) is 0.476. The molecule has 2 heteroatoms. The van der Waals surface area contributed by atoms with Crippen molar-refractivity contribution in [3.8, 4) is 59.2 Å². The molecule has 0 radical (unpaired) electrons. The Hall–Kier alpha value is -2.99. The summed E-state index contributed by atoms with van der Waals surface area (Å²) in [6.45, 7) is 3.09. The van der Waals surface area contributed by atoms with Gasteiger partial charge in [-0.3, -0.25) is 10.7 Å². The maximum absolute atomic E-state index is 10.4. The van der Waals surface area contributed by atoms with Gasteiger partial charge in [0.05, 0.1) is 0 Å². The zero-order chi connectivity index (χ0) is 12.8. The standard InChI is InChI=1S/C15H8NO/c1-3-4-5-6-7-8-9-10-11-12-13-14-16-15(2)17/h14H,1-2H3,(H,16,17)/q-1. The van der Waals surface area contributed by atoms with Gasteiger partial charge >= 0.3 is 0 Å². The topological polar surface area (TPSA) is 29.1 Å². The van der Waals surface area contributed by atoms with Crippen LogP contribution in [0, 0.1) is 65.3 Å². The quantitative estimate of drug-likeness (QED) is 0.503. The Balaban J connectivity index is 4.09. The zero-order valence-corrected chi connectivity index (χ0v) is 9.49. The third kappa shape index (κ3) is 13.0. The third-order valence-corrected chi connectivity index (χ3v) is 1.04. The van der Waals surface area contributed by atoms with Gasteiger partial charge in [-0.15, -0.1) is 5.92 Å². The van der Waals surface area contributed by atoms with Gasteiger partial charge in [0.1, 0.15) is 0 Å². The van der Waals surface area contributed by atoms with Crippen molar-refractivity contribution in [2.45, 2.75) is 13.8 Å². The second-order valence-electron chi connectivity index (χ2n) is 2.36. The van der Waals surface area contributed by atoms with Gasteiger partial charge in [0.25, 0.3) is 0 Å². The fraction of sp³-hybridized carbons (Fsp3) is 0.133. The van der Waals surface area contributed by atoms with Crippen LogP contribution in [0.15, 0.2) is 6.20 Å². The number of rotatable bonds is 1. The number of nitrogens with one attached hydrogen (secondary N) is 1. The maximum atomic E-state index is 10.4. The van der Waals surface area contributed by atoms with Gasteiger partial charge in [0.15, 0.2) is 0 Å². The summed E-state index contributed by atoms with van der Waals surface area (Å²) in [5.41, 5.74) is 0. The average Bonchev–Trinajstić information content (AvgIpc) is 2.30. The van der Waals surface area contributed by atoms with Crippen LogP contribution in [0.25, 0.3) is 0 Å². The fourth-order valence-electron chi connectivity index (χ4n) is 0.491. The first kappa shape index (κ1) is 14.0. The van der Waals surface area contributed by atoms with Crippen molar-refractivity contribution in [2.75, 3.05) is 0 Å². The van der Waals surface area contributed by atoms with Crippen LogP contribution in [-0.2, 0) is 4.79 Å². The molecular formula is C15H8NO-. The van der Waals surface area contributed by atoms with Gasteiger partial charge < -0.3 is 5.32 Å². The summed E-state index contributed by atoms with van der Waals surface area (Å²) in [6, 6.07) is 0. The predicted molar refractivity (Wildman–Crippen MR) is 66.2 cm³/mol. The third-order valence-electron chi connectivity index (χ3n) is 1.04.